The van der Waals surface area contributed by atoms with Crippen LogP contribution < -0.4 is 0 Å². The Bertz CT molecular complexity index is 2090. The molecular formula is C37H30F3NO. The van der Waals surface area contributed by atoms with E-state index in [2.05, 4.69) is 61.3 Å². The number of fused-ring (bicyclic) bond motifs is 7. The van der Waals surface area contributed by atoms with Crippen LogP contribution in [0, 0.1) is 5.41 Å². The Morgan fingerprint density at radius 2 is 1.55 bits per heavy atom. The zero-order valence-electron chi connectivity index (χ0n) is 25.7. The summed E-state index contributed by atoms with van der Waals surface area (Å²) in [5, 5.41) is 2.09. The maximum Gasteiger partial charge on any atom is 0.394 e. The van der Waals surface area contributed by atoms with Crippen molar-refractivity contribution < 1.29 is 20.3 Å². The van der Waals surface area contributed by atoms with Crippen molar-refractivity contribution in [1.29, 1.82) is 0 Å². The molecule has 6 aromatic rings. The van der Waals surface area contributed by atoms with Crippen LogP contribution in [0.1, 0.15) is 47.1 Å². The van der Waals surface area contributed by atoms with Crippen molar-refractivity contribution >= 4 is 21.9 Å². The summed E-state index contributed by atoms with van der Waals surface area (Å²) in [7, 11) is 0. The van der Waals surface area contributed by atoms with Gasteiger partial charge in [0, 0.05) is 30.7 Å². The average molecular weight is 564 g/mol. The predicted octanol–water partition coefficient (Wildman–Crippen LogP) is 10.8. The minimum atomic E-state index is -4.70. The smallest absolute Gasteiger partial charge is 0.394 e. The fourth-order valence-electron chi connectivity index (χ4n) is 6.22. The number of furan rings is 1. The summed E-state index contributed by atoms with van der Waals surface area (Å²) in [6.07, 6.45) is -5.62. The van der Waals surface area contributed by atoms with Crippen molar-refractivity contribution in [3.05, 3.63) is 114 Å². The van der Waals surface area contributed by atoms with Crippen molar-refractivity contribution in [3.63, 3.8) is 0 Å². The number of nitrogens with zero attached hydrogens (tertiary/aromatic N) is 1. The predicted molar refractivity (Wildman–Crippen MR) is 163 cm³/mol. The van der Waals surface area contributed by atoms with E-state index in [0.29, 0.717) is 5.69 Å². The highest BCUT2D eigenvalue weighted by atomic mass is 19.4. The lowest BCUT2D eigenvalue weighted by molar-refractivity contribution is -0.211. The number of halogens is 3. The van der Waals surface area contributed by atoms with Gasteiger partial charge in [0.1, 0.15) is 11.2 Å². The first kappa shape index (κ1) is 24.2. The number of hydrogen-bond acceptors (Lipinski definition) is 2. The fourth-order valence-corrected chi connectivity index (χ4v) is 6.22. The number of pyridine rings is 1. The molecule has 2 heterocycles. The molecule has 0 N–H and O–H groups in total. The molecule has 0 amide bonds. The maximum atomic E-state index is 13.7. The molecule has 7 rings (SSSR count). The van der Waals surface area contributed by atoms with E-state index in [1.807, 2.05) is 24.3 Å². The topological polar surface area (TPSA) is 26.0 Å². The van der Waals surface area contributed by atoms with Gasteiger partial charge >= 0.3 is 6.18 Å². The van der Waals surface area contributed by atoms with Crippen molar-refractivity contribution in [3.8, 4) is 33.5 Å². The van der Waals surface area contributed by atoms with E-state index < -0.39 is 18.0 Å². The van der Waals surface area contributed by atoms with Gasteiger partial charge in [0.25, 0.3) is 0 Å². The Morgan fingerprint density at radius 3 is 2.31 bits per heavy atom. The third-order valence-electron chi connectivity index (χ3n) is 8.63. The molecule has 0 saturated heterocycles. The van der Waals surface area contributed by atoms with Crippen LogP contribution in [0.2, 0.25) is 0 Å². The molecule has 1 aliphatic rings. The monoisotopic (exact) mass is 563 g/mol. The van der Waals surface area contributed by atoms with Crippen LogP contribution in [0.25, 0.3) is 55.4 Å². The number of para-hydroxylation sites is 1. The van der Waals surface area contributed by atoms with Gasteiger partial charge in [-0.15, -0.1) is 0 Å². The van der Waals surface area contributed by atoms with Crippen LogP contribution in [0.3, 0.4) is 0 Å². The van der Waals surface area contributed by atoms with Crippen LogP contribution in [-0.4, -0.2) is 11.2 Å². The summed E-state index contributed by atoms with van der Waals surface area (Å²) in [5.74, 6) is 0. The maximum absolute atomic E-state index is 13.7. The number of hydrogen-bond donors (Lipinski definition) is 0. The first-order valence-electron chi connectivity index (χ1n) is 15.0. The largest absolute Gasteiger partial charge is 0.455 e. The highest BCUT2D eigenvalue weighted by molar-refractivity contribution is 6.17. The average Bonchev–Trinajstić information content (AvgIpc) is 3.49. The Hall–Kier alpha value is -4.38. The highest BCUT2D eigenvalue weighted by Crippen LogP contribution is 2.53. The normalized spacial score (nSPS) is 15.4. The van der Waals surface area contributed by atoms with E-state index in [0.717, 1.165) is 52.5 Å². The van der Waals surface area contributed by atoms with E-state index in [-0.39, 0.29) is 11.0 Å². The van der Waals surface area contributed by atoms with Gasteiger partial charge in [0.15, 0.2) is 0 Å². The molecule has 0 atom stereocenters. The first-order valence-corrected chi connectivity index (χ1v) is 14.0. The van der Waals surface area contributed by atoms with Crippen LogP contribution in [0.4, 0.5) is 13.2 Å². The number of aromatic nitrogens is 1. The summed E-state index contributed by atoms with van der Waals surface area (Å²) >= 11 is 0. The third-order valence-corrected chi connectivity index (χ3v) is 8.63. The number of rotatable bonds is 4. The van der Waals surface area contributed by atoms with Crippen molar-refractivity contribution in [2.24, 2.45) is 5.41 Å². The van der Waals surface area contributed by atoms with Gasteiger partial charge in [0.2, 0.25) is 0 Å². The summed E-state index contributed by atoms with van der Waals surface area (Å²) in [4.78, 5) is 4.66. The van der Waals surface area contributed by atoms with Crippen molar-refractivity contribution in [2.45, 2.75) is 45.7 Å². The van der Waals surface area contributed by atoms with Crippen molar-refractivity contribution in [1.82, 2.24) is 4.98 Å². The van der Waals surface area contributed by atoms with Crippen LogP contribution in [-0.2, 0) is 11.8 Å². The van der Waals surface area contributed by atoms with Crippen LogP contribution >= 0.6 is 0 Å². The summed E-state index contributed by atoms with van der Waals surface area (Å²) < 4.78 is 64.1. The molecule has 4 aromatic carbocycles. The van der Waals surface area contributed by atoms with Gasteiger partial charge in [-0.2, -0.15) is 13.2 Å². The zero-order chi connectivity index (χ0) is 31.2. The molecule has 42 heavy (non-hydrogen) atoms. The third kappa shape index (κ3) is 3.98. The van der Waals surface area contributed by atoms with Crippen LogP contribution in [0.5, 0.6) is 0 Å². The molecule has 0 radical (unpaired) electrons. The van der Waals surface area contributed by atoms with E-state index in [1.165, 1.54) is 34.4 Å². The lowest BCUT2D eigenvalue weighted by Crippen LogP contribution is -2.34. The molecule has 0 bridgehead atoms. The second-order valence-electron chi connectivity index (χ2n) is 12.1. The molecule has 0 unspecified atom stereocenters. The van der Waals surface area contributed by atoms with E-state index in [9.17, 15) is 13.2 Å². The van der Waals surface area contributed by atoms with Crippen molar-refractivity contribution in [2.75, 3.05) is 0 Å². The molecule has 210 valence electrons. The molecule has 0 saturated carbocycles. The molecular weight excluding hydrogens is 531 g/mol. The zero-order valence-corrected chi connectivity index (χ0v) is 23.7. The second-order valence-corrected chi connectivity index (χ2v) is 12.1. The molecule has 0 spiro atoms. The summed E-state index contributed by atoms with van der Waals surface area (Å²) in [5.41, 5.74) is 6.89. The Morgan fingerprint density at radius 1 is 0.810 bits per heavy atom. The lowest BCUT2D eigenvalue weighted by Gasteiger charge is -2.27. The van der Waals surface area contributed by atoms with E-state index >= 15 is 0 Å². The Balaban J connectivity index is 1.32. The van der Waals surface area contributed by atoms with E-state index in [4.69, 9.17) is 7.16 Å². The van der Waals surface area contributed by atoms with Crippen LogP contribution in [0.15, 0.2) is 102 Å². The molecule has 2 aromatic heterocycles. The summed E-state index contributed by atoms with van der Waals surface area (Å²) in [6.45, 7) is 6.29. The Labute approximate surface area is 245 Å². The van der Waals surface area contributed by atoms with E-state index in [1.54, 1.807) is 18.3 Å². The number of benzene rings is 4. The van der Waals surface area contributed by atoms with Gasteiger partial charge < -0.3 is 4.42 Å². The molecule has 1 aliphatic carbocycles. The number of alkyl halides is 3. The van der Waals surface area contributed by atoms with Gasteiger partial charge in [-0.1, -0.05) is 94.4 Å². The standard InChI is InChI=1S/C37H30F3NO/c1-35(2,37(38,39)40)21-22-12-14-23(15-13-22)24-18-19-41-30(20-24)26-9-7-10-27-33-31(42-34(26)27)17-16-29-32(33)25-8-5-6-11-28(25)36(29,3)4/h5-20H,21H2,1-4H3/i21D2. The second kappa shape index (κ2) is 9.06. The fraction of sp³-hybridized carbons (Fsp3) is 0.216. The molecule has 0 aliphatic heterocycles. The minimum Gasteiger partial charge on any atom is -0.455 e. The quantitative estimate of drug-likeness (QED) is 0.213. The highest BCUT2D eigenvalue weighted by Gasteiger charge is 2.47. The summed E-state index contributed by atoms with van der Waals surface area (Å²) in [6, 6.07) is 28.7. The van der Waals surface area contributed by atoms with Gasteiger partial charge in [0.05, 0.1) is 11.1 Å². The lowest BCUT2D eigenvalue weighted by atomic mass is 9.82. The van der Waals surface area contributed by atoms with Gasteiger partial charge in [-0.25, -0.2) is 0 Å². The minimum absolute atomic E-state index is 0.0258. The Kier molecular flexibility index (Phi) is 5.23. The van der Waals surface area contributed by atoms with Gasteiger partial charge in [-0.3, -0.25) is 4.98 Å². The molecule has 2 nitrogen and oxygen atoms in total. The SMILES string of the molecule is [2H]C([2H])(c1ccc(-c2ccnc(-c3cccc4c3oc3ccc5c(c34)-c3ccccc3C5(C)C)c2)cc1)C(C)(C)C(F)(F)F. The van der Waals surface area contributed by atoms with Gasteiger partial charge in [-0.05, 0) is 69.6 Å². The molecule has 5 heteroatoms. The first-order chi connectivity index (χ1) is 20.7. The molecule has 0 fully saturated rings.